The molecule has 3 N–H and O–H groups in total. The molecule has 3 rings (SSSR count). The van der Waals surface area contributed by atoms with Crippen LogP contribution in [0.3, 0.4) is 0 Å². The molecule has 0 aliphatic heterocycles. The number of nitrogens with zero attached hydrogens (tertiary/aromatic N) is 3. The van der Waals surface area contributed by atoms with Crippen molar-refractivity contribution in [2.45, 2.75) is 37.2 Å². The minimum atomic E-state index is -3.58. The van der Waals surface area contributed by atoms with Gasteiger partial charge in [-0.2, -0.15) is 0 Å². The predicted octanol–water partition coefficient (Wildman–Crippen LogP) is 1.58. The number of sulfonamides is 1. The Morgan fingerprint density at radius 3 is 2.44 bits per heavy atom. The molecule has 2 amide bonds. The molecular formula is C22H27N5O4S. The van der Waals surface area contributed by atoms with Gasteiger partial charge in [0.1, 0.15) is 11.9 Å². The van der Waals surface area contributed by atoms with Gasteiger partial charge in [0.2, 0.25) is 21.8 Å². The number of nitrogens with one attached hydrogen (secondary N) is 1. The van der Waals surface area contributed by atoms with E-state index in [0.717, 1.165) is 9.82 Å². The lowest BCUT2D eigenvalue weighted by molar-refractivity contribution is -0.127. The monoisotopic (exact) mass is 457 g/mol. The van der Waals surface area contributed by atoms with E-state index in [-0.39, 0.29) is 17.2 Å². The molecular weight excluding hydrogens is 430 g/mol. The van der Waals surface area contributed by atoms with Gasteiger partial charge in [-0.15, -0.1) is 0 Å². The van der Waals surface area contributed by atoms with Gasteiger partial charge < -0.3 is 15.6 Å². The van der Waals surface area contributed by atoms with E-state index in [1.807, 2.05) is 17.6 Å². The molecule has 2 aromatic carbocycles. The Kier molecular flexibility index (Phi) is 6.95. The van der Waals surface area contributed by atoms with Crippen LogP contribution >= 0.6 is 0 Å². The number of carbonyl (C=O) groups is 2. The summed E-state index contributed by atoms with van der Waals surface area (Å²) < 4.78 is 27.9. The average molecular weight is 458 g/mol. The van der Waals surface area contributed by atoms with E-state index in [1.54, 1.807) is 42.5 Å². The van der Waals surface area contributed by atoms with E-state index in [4.69, 9.17) is 5.73 Å². The second-order valence-electron chi connectivity index (χ2n) is 7.52. The highest BCUT2D eigenvalue weighted by Gasteiger charge is 2.22. The molecule has 1 unspecified atom stereocenters. The number of fused-ring (bicyclic) bond motifs is 1. The molecule has 0 bridgehead atoms. The van der Waals surface area contributed by atoms with Crippen LogP contribution in [0.5, 0.6) is 0 Å². The number of imidazole rings is 1. The highest BCUT2D eigenvalue weighted by molar-refractivity contribution is 7.89. The largest absolute Gasteiger partial charge is 0.368 e. The van der Waals surface area contributed by atoms with Crippen LogP contribution in [0.25, 0.3) is 11.0 Å². The maximum Gasteiger partial charge on any atom is 0.244 e. The van der Waals surface area contributed by atoms with Crippen LogP contribution in [0.15, 0.2) is 53.4 Å². The standard InChI is InChI=1S/C22H27N5O4S/c1-4-27-18-11-10-16(32(30,31)26(2)3)14-17(18)24-19(27)12-13-20(28)25-21(22(23)29)15-8-6-5-7-9-15/h5-11,14,21H,4,12-13H2,1-3H3,(H2,23,29)(H,25,28). The molecule has 0 fully saturated rings. The number of amides is 2. The van der Waals surface area contributed by atoms with Gasteiger partial charge in [-0.3, -0.25) is 9.59 Å². The fraction of sp³-hybridized carbons (Fsp3) is 0.318. The van der Waals surface area contributed by atoms with Crippen molar-refractivity contribution < 1.29 is 18.0 Å². The molecule has 1 atom stereocenters. The van der Waals surface area contributed by atoms with Gasteiger partial charge in [-0.1, -0.05) is 30.3 Å². The summed E-state index contributed by atoms with van der Waals surface area (Å²) in [6, 6.07) is 12.7. The van der Waals surface area contributed by atoms with Gasteiger partial charge in [0.05, 0.1) is 15.9 Å². The Labute approximate surface area is 187 Å². The molecule has 170 valence electrons. The third kappa shape index (κ3) is 4.81. The third-order valence-corrected chi connectivity index (χ3v) is 7.00. The molecule has 1 aromatic heterocycles. The van der Waals surface area contributed by atoms with Gasteiger partial charge in [0, 0.05) is 33.5 Å². The van der Waals surface area contributed by atoms with Crippen LogP contribution in [0, 0.1) is 0 Å². The summed E-state index contributed by atoms with van der Waals surface area (Å²) in [6.07, 6.45) is 0.424. The molecule has 0 aliphatic carbocycles. The summed E-state index contributed by atoms with van der Waals surface area (Å²) >= 11 is 0. The topological polar surface area (TPSA) is 127 Å². The van der Waals surface area contributed by atoms with Crippen molar-refractivity contribution in [1.29, 1.82) is 0 Å². The lowest BCUT2D eigenvalue weighted by Crippen LogP contribution is -2.37. The van der Waals surface area contributed by atoms with E-state index in [1.165, 1.54) is 14.1 Å². The number of benzene rings is 2. The first-order valence-electron chi connectivity index (χ1n) is 10.2. The Morgan fingerprint density at radius 2 is 1.84 bits per heavy atom. The van der Waals surface area contributed by atoms with Crippen molar-refractivity contribution in [3.05, 3.63) is 59.9 Å². The van der Waals surface area contributed by atoms with Crippen LogP contribution in [0.1, 0.15) is 30.8 Å². The smallest absolute Gasteiger partial charge is 0.244 e. The van der Waals surface area contributed by atoms with Gasteiger partial charge in [-0.25, -0.2) is 17.7 Å². The second-order valence-corrected chi connectivity index (χ2v) is 9.68. The van der Waals surface area contributed by atoms with E-state index >= 15 is 0 Å². The summed E-state index contributed by atoms with van der Waals surface area (Å²) in [4.78, 5) is 29.1. The summed E-state index contributed by atoms with van der Waals surface area (Å²) in [5.74, 6) is -0.310. The van der Waals surface area contributed by atoms with E-state index < -0.39 is 22.0 Å². The molecule has 0 spiro atoms. The maximum atomic E-state index is 12.5. The molecule has 0 radical (unpaired) electrons. The Balaban J connectivity index is 1.79. The summed E-state index contributed by atoms with van der Waals surface area (Å²) in [5, 5.41) is 2.68. The first-order valence-corrected chi connectivity index (χ1v) is 11.6. The summed E-state index contributed by atoms with van der Waals surface area (Å²) in [6.45, 7) is 2.56. The number of hydrogen-bond acceptors (Lipinski definition) is 5. The summed E-state index contributed by atoms with van der Waals surface area (Å²) in [5.41, 5.74) is 7.42. The minimum Gasteiger partial charge on any atom is -0.368 e. The average Bonchev–Trinajstić information content (AvgIpc) is 3.13. The minimum absolute atomic E-state index is 0.1000. The first kappa shape index (κ1) is 23.4. The molecule has 3 aromatic rings. The molecule has 0 saturated carbocycles. The van der Waals surface area contributed by atoms with Gasteiger partial charge in [0.25, 0.3) is 0 Å². The highest BCUT2D eigenvalue weighted by atomic mass is 32.2. The molecule has 9 nitrogen and oxygen atoms in total. The number of aryl methyl sites for hydroxylation is 2. The molecule has 1 heterocycles. The number of primary amides is 1. The zero-order chi connectivity index (χ0) is 23.5. The van der Waals surface area contributed by atoms with Crippen molar-refractivity contribution in [3.63, 3.8) is 0 Å². The number of aromatic nitrogens is 2. The fourth-order valence-electron chi connectivity index (χ4n) is 3.50. The van der Waals surface area contributed by atoms with Crippen molar-refractivity contribution in [2.75, 3.05) is 14.1 Å². The van der Waals surface area contributed by atoms with Crippen molar-refractivity contribution >= 4 is 32.9 Å². The molecule has 0 aliphatic rings. The molecule has 32 heavy (non-hydrogen) atoms. The third-order valence-electron chi connectivity index (χ3n) is 5.19. The van der Waals surface area contributed by atoms with Crippen LogP contribution in [0.4, 0.5) is 0 Å². The van der Waals surface area contributed by atoms with Crippen LogP contribution in [0.2, 0.25) is 0 Å². The first-order chi connectivity index (χ1) is 15.1. The predicted molar refractivity (Wildman–Crippen MR) is 121 cm³/mol. The zero-order valence-corrected chi connectivity index (χ0v) is 19.1. The Bertz CT molecular complexity index is 1240. The SMILES string of the molecule is CCn1c(CCC(=O)NC(C(N)=O)c2ccccc2)nc2cc(S(=O)(=O)N(C)C)ccc21. The lowest BCUT2D eigenvalue weighted by atomic mass is 10.1. The van der Waals surface area contributed by atoms with Crippen molar-refractivity contribution in [2.24, 2.45) is 5.73 Å². The lowest BCUT2D eigenvalue weighted by Gasteiger charge is -2.16. The van der Waals surface area contributed by atoms with E-state index in [2.05, 4.69) is 10.3 Å². The van der Waals surface area contributed by atoms with E-state index in [9.17, 15) is 18.0 Å². The quantitative estimate of drug-likeness (QED) is 0.504. The zero-order valence-electron chi connectivity index (χ0n) is 18.3. The highest BCUT2D eigenvalue weighted by Crippen LogP contribution is 2.23. The number of carbonyl (C=O) groups excluding carboxylic acids is 2. The number of hydrogen-bond donors (Lipinski definition) is 2. The van der Waals surface area contributed by atoms with E-state index in [0.29, 0.717) is 29.9 Å². The normalized spacial score (nSPS) is 12.8. The molecule has 0 saturated heterocycles. The fourth-order valence-corrected chi connectivity index (χ4v) is 4.42. The Morgan fingerprint density at radius 1 is 1.16 bits per heavy atom. The van der Waals surface area contributed by atoms with Gasteiger partial charge >= 0.3 is 0 Å². The summed E-state index contributed by atoms with van der Waals surface area (Å²) in [7, 11) is -0.626. The van der Waals surface area contributed by atoms with Crippen molar-refractivity contribution in [1.82, 2.24) is 19.2 Å². The van der Waals surface area contributed by atoms with Crippen LogP contribution < -0.4 is 11.1 Å². The van der Waals surface area contributed by atoms with Gasteiger partial charge in [-0.05, 0) is 30.7 Å². The van der Waals surface area contributed by atoms with Gasteiger partial charge in [0.15, 0.2) is 0 Å². The van der Waals surface area contributed by atoms with Crippen molar-refractivity contribution in [3.8, 4) is 0 Å². The number of nitrogens with two attached hydrogens (primary N) is 1. The van der Waals surface area contributed by atoms with Crippen LogP contribution in [-0.4, -0.2) is 48.2 Å². The maximum absolute atomic E-state index is 12.5. The Hall–Kier alpha value is -3.24. The number of rotatable bonds is 9. The van der Waals surface area contributed by atoms with Crippen LogP contribution in [-0.2, 0) is 32.6 Å². The molecule has 10 heteroatoms. The second kappa shape index (κ2) is 9.49.